The lowest BCUT2D eigenvalue weighted by atomic mass is 10.2. The van der Waals surface area contributed by atoms with Gasteiger partial charge in [-0.25, -0.2) is 17.6 Å². The van der Waals surface area contributed by atoms with Crippen molar-refractivity contribution in [2.24, 2.45) is 0 Å². The van der Waals surface area contributed by atoms with Gasteiger partial charge < -0.3 is 14.4 Å². The van der Waals surface area contributed by atoms with Crippen LogP contribution in [0.15, 0.2) is 23.1 Å². The number of amides is 1. The number of ether oxygens (including phenoxy) is 2. The molecule has 6 nitrogen and oxygen atoms in total. The lowest BCUT2D eigenvalue weighted by molar-refractivity contribution is 0.0181. The predicted octanol–water partition coefficient (Wildman–Crippen LogP) is 3.28. The van der Waals surface area contributed by atoms with E-state index in [1.807, 2.05) is 0 Å². The summed E-state index contributed by atoms with van der Waals surface area (Å²) >= 11 is 0. The molecule has 0 saturated carbocycles. The minimum absolute atomic E-state index is 0.119. The average Bonchev–Trinajstić information content (AvgIpc) is 2.91. The Morgan fingerprint density at radius 2 is 2.08 bits per heavy atom. The van der Waals surface area contributed by atoms with Crippen LogP contribution in [0.4, 0.5) is 9.18 Å². The Morgan fingerprint density at radius 3 is 2.68 bits per heavy atom. The molecule has 1 aliphatic heterocycles. The fraction of sp³-hybridized carbons (Fsp3) is 0.562. The molecule has 140 valence electrons. The summed E-state index contributed by atoms with van der Waals surface area (Å²) in [6.07, 6.45) is -0.132. The van der Waals surface area contributed by atoms with Crippen LogP contribution < -0.4 is 0 Å². The Hall–Kier alpha value is -1.38. The van der Waals surface area contributed by atoms with Gasteiger partial charge in [0, 0.05) is 22.8 Å². The van der Waals surface area contributed by atoms with Gasteiger partial charge in [-0.1, -0.05) is 0 Å². The number of nitrogens with zero attached hydrogens (tertiary/aromatic N) is 1. The highest BCUT2D eigenvalue weighted by molar-refractivity contribution is 8.13. The van der Waals surface area contributed by atoms with Crippen molar-refractivity contribution in [1.82, 2.24) is 4.90 Å². The van der Waals surface area contributed by atoms with Crippen molar-refractivity contribution < 1.29 is 27.1 Å². The van der Waals surface area contributed by atoms with Gasteiger partial charge >= 0.3 is 6.09 Å². The summed E-state index contributed by atoms with van der Waals surface area (Å²) in [5, 5.41) is 0. The van der Waals surface area contributed by atoms with E-state index in [1.54, 1.807) is 20.8 Å². The number of likely N-dealkylation sites (tertiary alicyclic amines) is 1. The van der Waals surface area contributed by atoms with Gasteiger partial charge in [0.2, 0.25) is 0 Å². The summed E-state index contributed by atoms with van der Waals surface area (Å²) in [5.74, 6) is -0.579. The van der Waals surface area contributed by atoms with E-state index in [2.05, 4.69) is 0 Å². The highest BCUT2D eigenvalue weighted by Crippen LogP contribution is 2.24. The van der Waals surface area contributed by atoms with Gasteiger partial charge in [0.25, 0.3) is 9.05 Å². The highest BCUT2D eigenvalue weighted by atomic mass is 35.7. The zero-order valence-corrected chi connectivity index (χ0v) is 15.9. The van der Waals surface area contributed by atoms with Crippen LogP contribution >= 0.6 is 10.7 Å². The van der Waals surface area contributed by atoms with Crippen LogP contribution in [-0.2, 0) is 25.1 Å². The Labute approximate surface area is 151 Å². The predicted molar refractivity (Wildman–Crippen MR) is 90.4 cm³/mol. The molecule has 1 aromatic rings. The molecule has 1 aromatic carbocycles. The van der Waals surface area contributed by atoms with Crippen LogP contribution in [0.5, 0.6) is 0 Å². The van der Waals surface area contributed by atoms with Gasteiger partial charge in [-0.05, 0) is 45.4 Å². The second kappa shape index (κ2) is 7.47. The van der Waals surface area contributed by atoms with Crippen molar-refractivity contribution in [3.8, 4) is 0 Å². The van der Waals surface area contributed by atoms with Gasteiger partial charge in [0.1, 0.15) is 11.4 Å². The third-order valence-corrected chi connectivity index (χ3v) is 4.98. The topological polar surface area (TPSA) is 72.9 Å². The fourth-order valence-electron chi connectivity index (χ4n) is 2.46. The molecule has 0 radical (unpaired) electrons. The highest BCUT2D eigenvalue weighted by Gasteiger charge is 2.30. The maximum Gasteiger partial charge on any atom is 0.410 e. The molecule has 2 rings (SSSR count). The average molecular weight is 394 g/mol. The lowest BCUT2D eigenvalue weighted by Gasteiger charge is -2.24. The molecule has 1 fully saturated rings. The maximum atomic E-state index is 13.4. The van der Waals surface area contributed by atoms with E-state index >= 15 is 0 Å². The van der Waals surface area contributed by atoms with E-state index in [-0.39, 0.29) is 23.2 Å². The first-order valence-corrected chi connectivity index (χ1v) is 10.1. The molecule has 0 aromatic heterocycles. The van der Waals surface area contributed by atoms with Crippen molar-refractivity contribution in [3.63, 3.8) is 0 Å². The minimum Gasteiger partial charge on any atom is -0.444 e. The van der Waals surface area contributed by atoms with Crippen LogP contribution in [0.1, 0.15) is 32.8 Å². The first-order chi connectivity index (χ1) is 11.5. The lowest BCUT2D eigenvalue weighted by Crippen LogP contribution is -2.36. The number of benzene rings is 1. The largest absolute Gasteiger partial charge is 0.444 e. The number of hydrogen-bond donors (Lipinski definition) is 0. The number of rotatable bonds is 4. The van der Waals surface area contributed by atoms with Crippen LogP contribution in [0, 0.1) is 5.82 Å². The molecule has 1 amide bonds. The smallest absolute Gasteiger partial charge is 0.410 e. The Morgan fingerprint density at radius 1 is 1.40 bits per heavy atom. The first kappa shape index (κ1) is 19.9. The summed E-state index contributed by atoms with van der Waals surface area (Å²) in [7, 11) is 1.36. The molecule has 0 N–H and O–H groups in total. The SMILES string of the molecule is CC(C)(C)OC(=O)N1CC[C@@H](OCc2cc(F)ccc2S(=O)(=O)Cl)C1. The van der Waals surface area contributed by atoms with Gasteiger partial charge in [0.05, 0.1) is 24.2 Å². The van der Waals surface area contributed by atoms with Crippen LogP contribution in [0.3, 0.4) is 0 Å². The van der Waals surface area contributed by atoms with E-state index < -0.39 is 26.6 Å². The van der Waals surface area contributed by atoms with Gasteiger partial charge in [0.15, 0.2) is 0 Å². The Balaban J connectivity index is 1.98. The Bertz CT molecular complexity index is 747. The number of halogens is 2. The first-order valence-electron chi connectivity index (χ1n) is 7.78. The van der Waals surface area contributed by atoms with E-state index in [1.165, 1.54) is 4.90 Å². The minimum atomic E-state index is -4.00. The van der Waals surface area contributed by atoms with E-state index in [0.717, 1.165) is 18.2 Å². The van der Waals surface area contributed by atoms with E-state index in [9.17, 15) is 17.6 Å². The zero-order valence-electron chi connectivity index (χ0n) is 14.3. The molecule has 25 heavy (non-hydrogen) atoms. The molecule has 9 heteroatoms. The molecular formula is C16H21ClFNO5S. The van der Waals surface area contributed by atoms with Crippen molar-refractivity contribution >= 4 is 25.8 Å². The molecular weight excluding hydrogens is 373 g/mol. The van der Waals surface area contributed by atoms with Crippen LogP contribution in [0.25, 0.3) is 0 Å². The summed E-state index contributed by atoms with van der Waals surface area (Å²) in [4.78, 5) is 13.4. The number of carbonyl (C=O) groups excluding carboxylic acids is 1. The van der Waals surface area contributed by atoms with Gasteiger partial charge in [-0.2, -0.15) is 0 Å². The van der Waals surface area contributed by atoms with Crippen molar-refractivity contribution in [2.45, 2.75) is 50.4 Å². The number of carbonyl (C=O) groups is 1. The standard InChI is InChI=1S/C16H21ClFNO5S/c1-16(2,3)24-15(20)19-7-6-13(9-19)23-10-11-8-12(18)4-5-14(11)25(17,21)22/h4-5,8,13H,6-7,9-10H2,1-3H3/t13-/m1/s1. The molecule has 0 unspecified atom stereocenters. The van der Waals surface area contributed by atoms with Crippen LogP contribution in [0.2, 0.25) is 0 Å². The normalized spacial score (nSPS) is 18.4. The van der Waals surface area contributed by atoms with E-state index in [4.69, 9.17) is 20.2 Å². The monoisotopic (exact) mass is 393 g/mol. The molecule has 0 spiro atoms. The van der Waals surface area contributed by atoms with Crippen LogP contribution in [-0.4, -0.2) is 44.2 Å². The second-order valence-electron chi connectivity index (χ2n) is 6.84. The zero-order chi connectivity index (χ0) is 18.8. The summed E-state index contributed by atoms with van der Waals surface area (Å²) in [5.41, 5.74) is -0.438. The van der Waals surface area contributed by atoms with Gasteiger partial charge in [-0.3, -0.25) is 0 Å². The van der Waals surface area contributed by atoms with Gasteiger partial charge in [-0.15, -0.1) is 0 Å². The van der Waals surface area contributed by atoms with Crippen molar-refractivity contribution in [2.75, 3.05) is 13.1 Å². The summed E-state index contributed by atoms with van der Waals surface area (Å²) < 4.78 is 47.5. The van der Waals surface area contributed by atoms with Crippen molar-refractivity contribution in [1.29, 1.82) is 0 Å². The molecule has 0 bridgehead atoms. The molecule has 1 saturated heterocycles. The summed E-state index contributed by atoms with van der Waals surface area (Å²) in [6.45, 7) is 6.04. The fourth-order valence-corrected chi connectivity index (χ4v) is 3.58. The third-order valence-electron chi connectivity index (χ3n) is 3.56. The Kier molecular flexibility index (Phi) is 5.96. The number of hydrogen-bond acceptors (Lipinski definition) is 5. The molecule has 0 aliphatic carbocycles. The summed E-state index contributed by atoms with van der Waals surface area (Å²) in [6, 6.07) is 3.21. The molecule has 1 atom stereocenters. The second-order valence-corrected chi connectivity index (χ2v) is 9.37. The molecule has 1 heterocycles. The van der Waals surface area contributed by atoms with Crippen molar-refractivity contribution in [3.05, 3.63) is 29.6 Å². The quantitative estimate of drug-likeness (QED) is 0.734. The van der Waals surface area contributed by atoms with E-state index in [0.29, 0.717) is 19.5 Å². The third kappa shape index (κ3) is 5.83. The maximum absolute atomic E-state index is 13.4. The molecule has 1 aliphatic rings.